The summed E-state index contributed by atoms with van der Waals surface area (Å²) in [6.07, 6.45) is 10.7. The fourth-order valence-corrected chi connectivity index (χ4v) is 7.21. The Morgan fingerprint density at radius 2 is 1.68 bits per heavy atom. The lowest BCUT2D eigenvalue weighted by molar-refractivity contribution is -0.123. The van der Waals surface area contributed by atoms with Gasteiger partial charge in [-0.3, -0.25) is 14.5 Å². The van der Waals surface area contributed by atoms with E-state index in [-0.39, 0.29) is 29.3 Å². The number of benzene rings is 3. The topological polar surface area (TPSA) is 74.7 Å². The van der Waals surface area contributed by atoms with Crippen molar-refractivity contribution in [3.8, 4) is 11.5 Å². The molecule has 4 aliphatic rings. The fourth-order valence-electron chi connectivity index (χ4n) is 7.21. The molecule has 0 saturated carbocycles. The number of rotatable bonds is 7. The zero-order chi connectivity index (χ0) is 32.5. The number of piperazine rings is 1. The Labute approximate surface area is 277 Å². The minimum Gasteiger partial charge on any atom is -0.493 e. The average Bonchev–Trinajstić information content (AvgIpc) is 3.44. The van der Waals surface area contributed by atoms with Crippen LogP contribution in [0.15, 0.2) is 90.1 Å². The third kappa shape index (κ3) is 6.22. The smallest absolute Gasteiger partial charge is 0.253 e. The summed E-state index contributed by atoms with van der Waals surface area (Å²) in [5.74, 6) is 1.25. The van der Waals surface area contributed by atoms with Gasteiger partial charge in [0.15, 0.2) is 11.5 Å². The average molecular weight is 631 g/mol. The predicted molar refractivity (Wildman–Crippen MR) is 185 cm³/mol. The molecule has 0 unspecified atom stereocenters. The molecular formula is C39H42N4O4. The van der Waals surface area contributed by atoms with E-state index >= 15 is 0 Å². The Morgan fingerprint density at radius 3 is 2.40 bits per heavy atom. The first-order valence-corrected chi connectivity index (χ1v) is 16.6. The highest BCUT2D eigenvalue weighted by atomic mass is 16.5. The first kappa shape index (κ1) is 30.9. The molecule has 0 spiro atoms. The first-order valence-electron chi connectivity index (χ1n) is 16.6. The van der Waals surface area contributed by atoms with Gasteiger partial charge in [0.25, 0.3) is 11.8 Å². The van der Waals surface area contributed by atoms with E-state index in [1.165, 1.54) is 5.56 Å². The number of hydrogen-bond donors (Lipinski definition) is 0. The normalized spacial score (nSPS) is 22.1. The number of amides is 2. The summed E-state index contributed by atoms with van der Waals surface area (Å²) in [5, 5.41) is 6.59. The third-order valence-corrected chi connectivity index (χ3v) is 9.71. The lowest BCUT2D eigenvalue weighted by atomic mass is 9.75. The van der Waals surface area contributed by atoms with Gasteiger partial charge in [-0.25, -0.2) is 5.01 Å². The van der Waals surface area contributed by atoms with Crippen molar-refractivity contribution in [3.63, 3.8) is 0 Å². The molecule has 3 aromatic rings. The van der Waals surface area contributed by atoms with E-state index in [4.69, 9.17) is 14.6 Å². The van der Waals surface area contributed by atoms with Crippen molar-refractivity contribution in [2.75, 3.05) is 44.8 Å². The summed E-state index contributed by atoms with van der Waals surface area (Å²) in [7, 11) is 1.66. The van der Waals surface area contributed by atoms with Crippen molar-refractivity contribution in [1.29, 1.82) is 0 Å². The van der Waals surface area contributed by atoms with Gasteiger partial charge in [-0.05, 0) is 68.7 Å². The second kappa shape index (κ2) is 12.8. The van der Waals surface area contributed by atoms with Gasteiger partial charge in [-0.15, -0.1) is 0 Å². The second-order valence-electron chi connectivity index (χ2n) is 13.4. The van der Waals surface area contributed by atoms with E-state index in [0.717, 1.165) is 55.1 Å². The van der Waals surface area contributed by atoms with E-state index in [1.807, 2.05) is 53.4 Å². The van der Waals surface area contributed by atoms with Crippen molar-refractivity contribution in [1.82, 2.24) is 9.80 Å². The van der Waals surface area contributed by atoms with Gasteiger partial charge in [0, 0.05) is 61.8 Å². The minimum absolute atomic E-state index is 0.0126. The van der Waals surface area contributed by atoms with E-state index in [2.05, 4.69) is 61.3 Å². The summed E-state index contributed by atoms with van der Waals surface area (Å²) < 4.78 is 12.0. The van der Waals surface area contributed by atoms with Crippen molar-refractivity contribution < 1.29 is 19.1 Å². The molecule has 1 aliphatic carbocycles. The number of ether oxygens (including phenoxy) is 2. The molecule has 0 N–H and O–H groups in total. The zero-order valence-electron chi connectivity index (χ0n) is 27.4. The molecular weight excluding hydrogens is 588 g/mol. The van der Waals surface area contributed by atoms with Gasteiger partial charge >= 0.3 is 0 Å². The highest BCUT2D eigenvalue weighted by molar-refractivity contribution is 6.12. The summed E-state index contributed by atoms with van der Waals surface area (Å²) in [4.78, 5) is 31.6. The number of hydrazone groups is 1. The van der Waals surface area contributed by atoms with E-state index < -0.39 is 0 Å². The molecule has 8 nitrogen and oxygen atoms in total. The van der Waals surface area contributed by atoms with Crippen LogP contribution in [-0.2, 0) is 11.2 Å². The molecule has 2 amide bonds. The molecule has 3 heterocycles. The number of hydrogen-bond acceptors (Lipinski definition) is 6. The molecule has 1 saturated heterocycles. The molecule has 47 heavy (non-hydrogen) atoms. The molecule has 2 atom stereocenters. The Balaban J connectivity index is 1.08. The summed E-state index contributed by atoms with van der Waals surface area (Å²) in [6, 6.07) is 21.6. The van der Waals surface area contributed by atoms with Crippen molar-refractivity contribution in [3.05, 3.63) is 107 Å². The van der Waals surface area contributed by atoms with Crippen LogP contribution in [-0.4, -0.2) is 72.8 Å². The standard InChI is InChI=1S/C39H42N4O4/c1-39(2)26-33-31(19-20-34(46-3)36(33)47-39)35-30-13-7-8-14-32(30)38(45)43(40-35)29-17-15-28(16-18-29)37(44)42-24-22-41(23-25-42)21-9-12-27-10-5-4-6-11-27/h4-12,15-20,30,32H,13-14,21-26H2,1-3H3/b12-9+/t30-,32+/m0/s1. The van der Waals surface area contributed by atoms with Crippen LogP contribution in [0.25, 0.3) is 6.08 Å². The maximum absolute atomic E-state index is 13.9. The minimum atomic E-state index is -0.364. The fraction of sp³-hybridized carbons (Fsp3) is 0.359. The Hall–Kier alpha value is -4.69. The number of allylic oxidation sites excluding steroid dienone is 2. The summed E-state index contributed by atoms with van der Waals surface area (Å²) in [6.45, 7) is 8.04. The van der Waals surface area contributed by atoms with Gasteiger partial charge < -0.3 is 14.4 Å². The Morgan fingerprint density at radius 1 is 0.957 bits per heavy atom. The van der Waals surface area contributed by atoms with E-state index in [0.29, 0.717) is 36.5 Å². The van der Waals surface area contributed by atoms with Crippen molar-refractivity contribution >= 4 is 29.3 Å². The highest BCUT2D eigenvalue weighted by Gasteiger charge is 2.43. The SMILES string of the molecule is COc1ccc(C2=NN(c3ccc(C(=O)N4CCN(C/C=C/c5ccccc5)CC4)cc3)C(=O)[C@@H]3CC=CC[C@H]23)c2c1OC(C)(C)C2. The number of fused-ring (bicyclic) bond motifs is 2. The van der Waals surface area contributed by atoms with Crippen LogP contribution in [0.3, 0.4) is 0 Å². The Bertz CT molecular complexity index is 1740. The molecule has 0 radical (unpaired) electrons. The quantitative estimate of drug-likeness (QED) is 0.290. The number of anilines is 1. The lowest BCUT2D eigenvalue weighted by Crippen LogP contribution is -2.48. The van der Waals surface area contributed by atoms with Crippen LogP contribution < -0.4 is 14.5 Å². The van der Waals surface area contributed by atoms with Crippen LogP contribution in [0.2, 0.25) is 0 Å². The maximum Gasteiger partial charge on any atom is 0.253 e. The van der Waals surface area contributed by atoms with Crippen LogP contribution in [0.5, 0.6) is 11.5 Å². The molecule has 1 fully saturated rings. The largest absolute Gasteiger partial charge is 0.493 e. The zero-order valence-corrected chi connectivity index (χ0v) is 27.4. The highest BCUT2D eigenvalue weighted by Crippen LogP contribution is 2.46. The van der Waals surface area contributed by atoms with Gasteiger partial charge in [-0.2, -0.15) is 5.10 Å². The molecule has 242 valence electrons. The summed E-state index contributed by atoms with van der Waals surface area (Å²) >= 11 is 0. The number of carbonyl (C=O) groups is 2. The number of methoxy groups -OCH3 is 1. The van der Waals surface area contributed by atoms with Gasteiger partial charge in [-0.1, -0.05) is 54.6 Å². The van der Waals surface area contributed by atoms with Crippen LogP contribution in [0, 0.1) is 11.8 Å². The molecule has 3 aromatic carbocycles. The van der Waals surface area contributed by atoms with Gasteiger partial charge in [0.2, 0.25) is 0 Å². The van der Waals surface area contributed by atoms with Crippen molar-refractivity contribution in [2.45, 2.75) is 38.7 Å². The van der Waals surface area contributed by atoms with Crippen LogP contribution in [0.1, 0.15) is 53.7 Å². The monoisotopic (exact) mass is 630 g/mol. The van der Waals surface area contributed by atoms with E-state index in [1.54, 1.807) is 12.1 Å². The summed E-state index contributed by atoms with van der Waals surface area (Å²) in [5.41, 5.74) is 5.09. The molecule has 0 bridgehead atoms. The molecule has 7 rings (SSSR count). The van der Waals surface area contributed by atoms with Crippen LogP contribution in [0.4, 0.5) is 5.69 Å². The molecule has 3 aliphatic heterocycles. The third-order valence-electron chi connectivity index (χ3n) is 9.71. The maximum atomic E-state index is 13.9. The first-order chi connectivity index (χ1) is 22.8. The van der Waals surface area contributed by atoms with E-state index in [9.17, 15) is 9.59 Å². The lowest BCUT2D eigenvalue weighted by Gasteiger charge is -2.37. The second-order valence-corrected chi connectivity index (χ2v) is 13.4. The number of carbonyl (C=O) groups excluding carboxylic acids is 2. The molecule has 0 aromatic heterocycles. The Kier molecular flexibility index (Phi) is 8.45. The van der Waals surface area contributed by atoms with Gasteiger partial charge in [0.05, 0.1) is 24.4 Å². The molecule has 8 heteroatoms. The van der Waals surface area contributed by atoms with Crippen LogP contribution >= 0.6 is 0 Å². The van der Waals surface area contributed by atoms with Crippen molar-refractivity contribution in [2.24, 2.45) is 16.9 Å². The number of nitrogens with zero attached hydrogens (tertiary/aromatic N) is 4. The predicted octanol–water partition coefficient (Wildman–Crippen LogP) is 6.21. The van der Waals surface area contributed by atoms with Gasteiger partial charge in [0.1, 0.15) is 5.60 Å².